The highest BCUT2D eigenvalue weighted by Crippen LogP contribution is 2.33. The maximum Gasteiger partial charge on any atom is 0.233 e. The van der Waals surface area contributed by atoms with Crippen LogP contribution in [0.5, 0.6) is 0 Å². The van der Waals surface area contributed by atoms with E-state index < -0.39 is 0 Å². The van der Waals surface area contributed by atoms with E-state index in [0.717, 1.165) is 25.0 Å². The number of nitrogens with one attached hydrogen (secondary N) is 1. The first-order valence-corrected chi connectivity index (χ1v) is 10.5. The minimum Gasteiger partial charge on any atom is -0.455 e. The Morgan fingerprint density at radius 1 is 1.16 bits per heavy atom. The van der Waals surface area contributed by atoms with Crippen LogP contribution in [-0.2, 0) is 4.74 Å². The van der Waals surface area contributed by atoms with Crippen LogP contribution in [0.25, 0.3) is 33.7 Å². The molecule has 0 unspecified atom stereocenters. The highest BCUT2D eigenvalue weighted by atomic mass is 16.5. The number of hydrogen-bond acceptors (Lipinski definition) is 7. The minimum absolute atomic E-state index is 0.0853. The molecule has 1 fully saturated rings. The highest BCUT2D eigenvalue weighted by Gasteiger charge is 2.22. The fourth-order valence-corrected chi connectivity index (χ4v) is 3.99. The van der Waals surface area contributed by atoms with Gasteiger partial charge >= 0.3 is 0 Å². The van der Waals surface area contributed by atoms with Crippen LogP contribution in [0.4, 0.5) is 5.88 Å². The molecule has 1 atom stereocenters. The number of benzene rings is 2. The SMILES string of the molecule is Cc1c(-c2ccccc2)oc2c(-c3nc(C#N)c(NC[C@H]4CCCO4)o3)cccc2c1=O. The lowest BCUT2D eigenvalue weighted by Gasteiger charge is -2.10. The number of aromatic nitrogens is 1. The Hall–Kier alpha value is -3.89. The molecule has 0 amide bonds. The van der Waals surface area contributed by atoms with Crippen molar-refractivity contribution in [1.82, 2.24) is 4.98 Å². The van der Waals surface area contributed by atoms with E-state index in [1.807, 2.05) is 30.3 Å². The van der Waals surface area contributed by atoms with E-state index in [4.69, 9.17) is 13.6 Å². The van der Waals surface area contributed by atoms with E-state index in [2.05, 4.69) is 16.4 Å². The van der Waals surface area contributed by atoms with E-state index in [0.29, 0.717) is 34.4 Å². The molecule has 2 aromatic heterocycles. The quantitative estimate of drug-likeness (QED) is 0.484. The molecule has 1 saturated heterocycles. The van der Waals surface area contributed by atoms with Crippen molar-refractivity contribution in [3.63, 3.8) is 0 Å². The van der Waals surface area contributed by atoms with Gasteiger partial charge in [0.15, 0.2) is 11.0 Å². The molecule has 7 nitrogen and oxygen atoms in total. The molecule has 7 heteroatoms. The summed E-state index contributed by atoms with van der Waals surface area (Å²) in [4.78, 5) is 17.4. The highest BCUT2D eigenvalue weighted by molar-refractivity contribution is 5.91. The van der Waals surface area contributed by atoms with Crippen molar-refractivity contribution in [2.45, 2.75) is 25.9 Å². The van der Waals surface area contributed by atoms with Crippen LogP contribution in [0.2, 0.25) is 0 Å². The maximum absolute atomic E-state index is 13.1. The van der Waals surface area contributed by atoms with Gasteiger partial charge in [-0.1, -0.05) is 36.4 Å². The molecule has 1 aliphatic rings. The van der Waals surface area contributed by atoms with Crippen LogP contribution in [0.3, 0.4) is 0 Å². The number of nitriles is 1. The molecule has 0 aliphatic carbocycles. The summed E-state index contributed by atoms with van der Waals surface area (Å²) in [6.07, 6.45) is 2.07. The molecule has 160 valence electrons. The van der Waals surface area contributed by atoms with E-state index in [1.54, 1.807) is 25.1 Å². The lowest BCUT2D eigenvalue weighted by Crippen LogP contribution is -2.18. The Kier molecular flexibility index (Phi) is 5.21. The third-order valence-electron chi connectivity index (χ3n) is 5.66. The third-order valence-corrected chi connectivity index (χ3v) is 5.66. The number of nitrogens with zero attached hydrogens (tertiary/aromatic N) is 2. The summed E-state index contributed by atoms with van der Waals surface area (Å²) in [6.45, 7) is 3.04. The Morgan fingerprint density at radius 3 is 2.75 bits per heavy atom. The molecule has 3 heterocycles. The average Bonchev–Trinajstić information content (AvgIpc) is 3.50. The number of fused-ring (bicyclic) bond motifs is 1. The monoisotopic (exact) mass is 427 g/mol. The zero-order valence-corrected chi connectivity index (χ0v) is 17.6. The fourth-order valence-electron chi connectivity index (χ4n) is 3.99. The summed E-state index contributed by atoms with van der Waals surface area (Å²) in [7, 11) is 0. The summed E-state index contributed by atoms with van der Waals surface area (Å²) < 4.78 is 17.8. The molecular formula is C25H21N3O4. The summed E-state index contributed by atoms with van der Waals surface area (Å²) >= 11 is 0. The van der Waals surface area contributed by atoms with Crippen molar-refractivity contribution < 1.29 is 13.6 Å². The average molecular weight is 427 g/mol. The van der Waals surface area contributed by atoms with Gasteiger partial charge in [-0.05, 0) is 31.9 Å². The molecule has 1 N–H and O–H groups in total. The summed E-state index contributed by atoms with van der Waals surface area (Å²) in [5, 5.41) is 13.1. The molecule has 1 aliphatic heterocycles. The zero-order chi connectivity index (χ0) is 22.1. The molecule has 4 aromatic rings. The molecule has 0 saturated carbocycles. The molecule has 5 rings (SSSR count). The zero-order valence-electron chi connectivity index (χ0n) is 17.6. The van der Waals surface area contributed by atoms with E-state index >= 15 is 0 Å². The summed E-state index contributed by atoms with van der Waals surface area (Å²) in [6, 6.07) is 16.8. The second-order valence-electron chi connectivity index (χ2n) is 7.76. The first-order chi connectivity index (χ1) is 15.7. The topological polar surface area (TPSA) is 101 Å². The second-order valence-corrected chi connectivity index (χ2v) is 7.76. The standard InChI is InChI=1S/C25H21N3O4/c1-15-21(29)18-10-5-11-19(23(18)31-22(15)16-7-3-2-4-8-16)24-28-20(13-26)25(32-24)27-14-17-9-6-12-30-17/h2-5,7-8,10-11,17,27H,6,9,12,14H2,1H3/t17-/m1/s1. The van der Waals surface area contributed by atoms with Gasteiger partial charge in [0.05, 0.1) is 17.1 Å². The normalized spacial score (nSPS) is 15.7. The molecular weight excluding hydrogens is 406 g/mol. The Labute approximate surface area is 184 Å². The predicted molar refractivity (Wildman–Crippen MR) is 120 cm³/mol. The van der Waals surface area contributed by atoms with Crippen LogP contribution in [0.15, 0.2) is 62.2 Å². The fraction of sp³-hybridized carbons (Fsp3) is 0.240. The van der Waals surface area contributed by atoms with Gasteiger partial charge in [-0.2, -0.15) is 10.2 Å². The third kappa shape index (κ3) is 3.55. The number of rotatable bonds is 5. The molecule has 0 radical (unpaired) electrons. The van der Waals surface area contributed by atoms with Gasteiger partial charge in [-0.25, -0.2) is 0 Å². The van der Waals surface area contributed by atoms with Gasteiger partial charge in [0, 0.05) is 24.3 Å². The van der Waals surface area contributed by atoms with Gasteiger partial charge in [-0.3, -0.25) is 4.79 Å². The van der Waals surface area contributed by atoms with Crippen LogP contribution in [0.1, 0.15) is 24.1 Å². The Bertz CT molecular complexity index is 1380. The van der Waals surface area contributed by atoms with Crippen molar-refractivity contribution in [3.05, 3.63) is 70.0 Å². The number of ether oxygens (including phenoxy) is 1. The van der Waals surface area contributed by atoms with Crippen LogP contribution in [-0.4, -0.2) is 24.2 Å². The van der Waals surface area contributed by atoms with Gasteiger partial charge in [0.2, 0.25) is 17.5 Å². The largest absolute Gasteiger partial charge is 0.455 e. The van der Waals surface area contributed by atoms with Crippen LogP contribution in [0, 0.1) is 18.3 Å². The van der Waals surface area contributed by atoms with Gasteiger partial charge < -0.3 is 18.9 Å². The molecule has 2 aromatic carbocycles. The Balaban J connectivity index is 1.61. The number of anilines is 1. The van der Waals surface area contributed by atoms with Crippen molar-refractivity contribution in [3.8, 4) is 28.8 Å². The lowest BCUT2D eigenvalue weighted by molar-refractivity contribution is 0.120. The lowest BCUT2D eigenvalue weighted by atomic mass is 10.0. The Morgan fingerprint density at radius 2 is 2.00 bits per heavy atom. The number of hydrogen-bond donors (Lipinski definition) is 1. The van der Waals surface area contributed by atoms with E-state index in [1.165, 1.54) is 0 Å². The van der Waals surface area contributed by atoms with Crippen molar-refractivity contribution in [2.75, 3.05) is 18.5 Å². The second kappa shape index (κ2) is 8.33. The number of para-hydroxylation sites is 1. The molecule has 0 spiro atoms. The van der Waals surface area contributed by atoms with Gasteiger partial charge in [0.25, 0.3) is 0 Å². The van der Waals surface area contributed by atoms with Crippen molar-refractivity contribution in [2.24, 2.45) is 0 Å². The smallest absolute Gasteiger partial charge is 0.233 e. The maximum atomic E-state index is 13.1. The first-order valence-electron chi connectivity index (χ1n) is 10.5. The number of oxazole rings is 1. The summed E-state index contributed by atoms with van der Waals surface area (Å²) in [5.41, 5.74) is 2.26. The van der Waals surface area contributed by atoms with Crippen LogP contribution >= 0.6 is 0 Å². The van der Waals surface area contributed by atoms with E-state index in [-0.39, 0.29) is 29.0 Å². The predicted octanol–water partition coefficient (Wildman–Crippen LogP) is 4.89. The van der Waals surface area contributed by atoms with Gasteiger partial charge in [0.1, 0.15) is 11.8 Å². The van der Waals surface area contributed by atoms with Crippen LogP contribution < -0.4 is 10.7 Å². The summed E-state index contributed by atoms with van der Waals surface area (Å²) in [5.74, 6) is 1.00. The van der Waals surface area contributed by atoms with E-state index in [9.17, 15) is 10.1 Å². The molecule has 0 bridgehead atoms. The minimum atomic E-state index is -0.115. The van der Waals surface area contributed by atoms with Crippen molar-refractivity contribution in [1.29, 1.82) is 5.26 Å². The first kappa shape index (κ1) is 20.0. The van der Waals surface area contributed by atoms with Gasteiger partial charge in [-0.15, -0.1) is 0 Å². The molecule has 32 heavy (non-hydrogen) atoms. The van der Waals surface area contributed by atoms with Crippen molar-refractivity contribution >= 4 is 16.9 Å².